The summed E-state index contributed by atoms with van der Waals surface area (Å²) in [5.74, 6) is 0.857. The highest BCUT2D eigenvalue weighted by Gasteiger charge is 2.26. The minimum atomic E-state index is -0.279. The number of carbonyl (C=O) groups excluding carboxylic acids is 1. The van der Waals surface area contributed by atoms with Gasteiger partial charge in [0.25, 0.3) is 0 Å². The van der Waals surface area contributed by atoms with E-state index in [0.29, 0.717) is 6.54 Å². The Balaban J connectivity index is 1.67. The number of rotatable bonds is 3. The highest BCUT2D eigenvalue weighted by molar-refractivity contribution is 5.80. The summed E-state index contributed by atoms with van der Waals surface area (Å²) in [6, 6.07) is 3.53. The van der Waals surface area contributed by atoms with E-state index in [4.69, 9.17) is 0 Å². The van der Waals surface area contributed by atoms with Crippen molar-refractivity contribution in [1.29, 1.82) is 0 Å². The normalized spacial score (nSPS) is 16.8. The molecule has 0 aliphatic carbocycles. The van der Waals surface area contributed by atoms with Crippen molar-refractivity contribution < 1.29 is 4.79 Å². The fourth-order valence-corrected chi connectivity index (χ4v) is 3.20. The molecule has 1 amide bonds. The van der Waals surface area contributed by atoms with Crippen LogP contribution in [0.4, 0.5) is 5.95 Å². The molecule has 0 bridgehead atoms. The summed E-state index contributed by atoms with van der Waals surface area (Å²) in [5.41, 5.74) is 1.96. The molecule has 0 spiro atoms. The maximum atomic E-state index is 12.9. The molecular weight excluding hydrogens is 304 g/mol. The average Bonchev–Trinajstić information content (AvgIpc) is 2.79. The Morgan fingerprint density at radius 3 is 2.54 bits per heavy atom. The molecule has 0 aromatic carbocycles. The minimum absolute atomic E-state index is 0.122. The Kier molecular flexibility index (Phi) is 4.78. The van der Waals surface area contributed by atoms with Crippen molar-refractivity contribution in [2.75, 3.05) is 31.1 Å². The van der Waals surface area contributed by atoms with Crippen LogP contribution in [0.2, 0.25) is 0 Å². The molecule has 2 aromatic rings. The fraction of sp³-hybridized carbons (Fsp3) is 0.529. The van der Waals surface area contributed by atoms with Crippen LogP contribution in [0.25, 0.3) is 0 Å². The van der Waals surface area contributed by atoms with E-state index in [1.165, 1.54) is 0 Å². The zero-order valence-corrected chi connectivity index (χ0v) is 14.5. The van der Waals surface area contributed by atoms with Crippen LogP contribution in [-0.2, 0) is 4.79 Å². The summed E-state index contributed by atoms with van der Waals surface area (Å²) in [6.07, 6.45) is 4.41. The van der Waals surface area contributed by atoms with E-state index in [1.54, 1.807) is 12.4 Å². The van der Waals surface area contributed by atoms with Crippen LogP contribution in [-0.4, -0.2) is 56.7 Å². The van der Waals surface area contributed by atoms with Gasteiger partial charge in [0.2, 0.25) is 11.9 Å². The molecule has 2 aromatic heterocycles. The molecule has 0 unspecified atom stereocenters. The number of hydrogen-bond acceptors (Lipinski definition) is 5. The van der Waals surface area contributed by atoms with Crippen molar-refractivity contribution in [3.05, 3.63) is 35.9 Å². The van der Waals surface area contributed by atoms with Gasteiger partial charge in [-0.1, -0.05) is 0 Å². The van der Waals surface area contributed by atoms with Crippen molar-refractivity contribution in [2.24, 2.45) is 0 Å². The van der Waals surface area contributed by atoms with Crippen LogP contribution < -0.4 is 4.90 Å². The van der Waals surface area contributed by atoms with Crippen LogP contribution in [0.3, 0.4) is 0 Å². The van der Waals surface area contributed by atoms with Crippen LogP contribution in [0.15, 0.2) is 24.5 Å². The molecule has 7 nitrogen and oxygen atoms in total. The summed E-state index contributed by atoms with van der Waals surface area (Å²) < 4.78 is 1.82. The molecule has 0 N–H and O–H groups in total. The van der Waals surface area contributed by atoms with E-state index in [1.807, 2.05) is 42.5 Å². The van der Waals surface area contributed by atoms with Gasteiger partial charge in [0.05, 0.1) is 5.69 Å². The second-order valence-corrected chi connectivity index (χ2v) is 6.26. The SMILES string of the molecule is Cc1cc(C)n([C@H](C)C(=O)N2CCCN(c3ncccn3)CC2)n1. The first-order valence-corrected chi connectivity index (χ1v) is 8.40. The van der Waals surface area contributed by atoms with Crippen molar-refractivity contribution in [3.63, 3.8) is 0 Å². The molecular formula is C17H24N6O. The van der Waals surface area contributed by atoms with Crippen molar-refractivity contribution in [1.82, 2.24) is 24.6 Å². The number of nitrogens with zero attached hydrogens (tertiary/aromatic N) is 6. The molecule has 3 rings (SSSR count). The predicted molar refractivity (Wildman–Crippen MR) is 91.9 cm³/mol. The van der Waals surface area contributed by atoms with Gasteiger partial charge < -0.3 is 9.80 Å². The van der Waals surface area contributed by atoms with Gasteiger partial charge in [-0.25, -0.2) is 9.97 Å². The lowest BCUT2D eigenvalue weighted by Crippen LogP contribution is -2.39. The largest absolute Gasteiger partial charge is 0.339 e. The molecule has 128 valence electrons. The van der Waals surface area contributed by atoms with Crippen molar-refractivity contribution in [3.8, 4) is 0 Å². The van der Waals surface area contributed by atoms with Crippen LogP contribution >= 0.6 is 0 Å². The van der Waals surface area contributed by atoms with E-state index in [0.717, 1.165) is 43.4 Å². The van der Waals surface area contributed by atoms with E-state index < -0.39 is 0 Å². The zero-order chi connectivity index (χ0) is 17.1. The van der Waals surface area contributed by atoms with Crippen LogP contribution in [0.5, 0.6) is 0 Å². The first-order chi connectivity index (χ1) is 11.6. The van der Waals surface area contributed by atoms with Gasteiger partial charge in [-0.05, 0) is 39.3 Å². The van der Waals surface area contributed by atoms with Gasteiger partial charge in [-0.2, -0.15) is 5.10 Å². The summed E-state index contributed by atoms with van der Waals surface area (Å²) in [4.78, 5) is 25.6. The Labute approximate surface area is 142 Å². The summed E-state index contributed by atoms with van der Waals surface area (Å²) in [6.45, 7) is 8.91. The lowest BCUT2D eigenvalue weighted by Gasteiger charge is -2.25. The standard InChI is InChI=1S/C17H24N6O/c1-13-12-14(2)23(20-13)15(3)16(24)21-8-5-9-22(11-10-21)17-18-6-4-7-19-17/h4,6-7,12,15H,5,8-11H2,1-3H3/t15-/m1/s1. The quantitative estimate of drug-likeness (QED) is 0.856. The van der Waals surface area contributed by atoms with E-state index >= 15 is 0 Å². The van der Waals surface area contributed by atoms with E-state index in [-0.39, 0.29) is 11.9 Å². The highest BCUT2D eigenvalue weighted by atomic mass is 16.2. The number of anilines is 1. The Morgan fingerprint density at radius 2 is 1.88 bits per heavy atom. The number of amides is 1. The smallest absolute Gasteiger partial charge is 0.247 e. The summed E-state index contributed by atoms with van der Waals surface area (Å²) >= 11 is 0. The molecule has 1 saturated heterocycles. The molecule has 3 heterocycles. The maximum Gasteiger partial charge on any atom is 0.247 e. The van der Waals surface area contributed by atoms with Crippen LogP contribution in [0.1, 0.15) is 30.8 Å². The molecule has 0 radical (unpaired) electrons. The third kappa shape index (κ3) is 3.39. The number of carbonyl (C=O) groups is 1. The first kappa shape index (κ1) is 16.4. The zero-order valence-electron chi connectivity index (χ0n) is 14.5. The molecule has 0 saturated carbocycles. The average molecular weight is 328 g/mol. The summed E-state index contributed by atoms with van der Waals surface area (Å²) in [5, 5.41) is 4.45. The topological polar surface area (TPSA) is 67.2 Å². The van der Waals surface area contributed by atoms with Gasteiger partial charge in [0, 0.05) is 44.3 Å². The second-order valence-electron chi connectivity index (χ2n) is 6.26. The monoisotopic (exact) mass is 328 g/mol. The Bertz CT molecular complexity index is 698. The molecule has 7 heteroatoms. The molecule has 1 aliphatic heterocycles. The lowest BCUT2D eigenvalue weighted by molar-refractivity contribution is -0.134. The maximum absolute atomic E-state index is 12.9. The first-order valence-electron chi connectivity index (χ1n) is 8.40. The van der Waals surface area contributed by atoms with Gasteiger partial charge in [-0.3, -0.25) is 9.48 Å². The molecule has 24 heavy (non-hydrogen) atoms. The second kappa shape index (κ2) is 6.98. The highest BCUT2D eigenvalue weighted by Crippen LogP contribution is 2.16. The fourth-order valence-electron chi connectivity index (χ4n) is 3.20. The summed E-state index contributed by atoms with van der Waals surface area (Å²) in [7, 11) is 0. The van der Waals surface area contributed by atoms with Gasteiger partial charge in [0.1, 0.15) is 6.04 Å². The van der Waals surface area contributed by atoms with E-state index in [9.17, 15) is 4.79 Å². The third-order valence-corrected chi connectivity index (χ3v) is 4.41. The van der Waals surface area contributed by atoms with Crippen LogP contribution in [0, 0.1) is 13.8 Å². The Hall–Kier alpha value is -2.44. The molecule has 1 aliphatic rings. The number of hydrogen-bond donors (Lipinski definition) is 0. The van der Waals surface area contributed by atoms with Gasteiger partial charge in [-0.15, -0.1) is 0 Å². The lowest BCUT2D eigenvalue weighted by atomic mass is 10.2. The molecule has 1 fully saturated rings. The van der Waals surface area contributed by atoms with Crippen molar-refractivity contribution in [2.45, 2.75) is 33.2 Å². The minimum Gasteiger partial charge on any atom is -0.339 e. The predicted octanol–water partition coefficient (Wildman–Crippen LogP) is 1.59. The number of aromatic nitrogens is 4. The molecule has 1 atom stereocenters. The van der Waals surface area contributed by atoms with Gasteiger partial charge >= 0.3 is 0 Å². The number of aryl methyl sites for hydroxylation is 2. The van der Waals surface area contributed by atoms with Crippen molar-refractivity contribution >= 4 is 11.9 Å². The van der Waals surface area contributed by atoms with Gasteiger partial charge in [0.15, 0.2) is 0 Å². The Morgan fingerprint density at radius 1 is 1.12 bits per heavy atom. The third-order valence-electron chi connectivity index (χ3n) is 4.41. The van der Waals surface area contributed by atoms with E-state index in [2.05, 4.69) is 20.0 Å².